The van der Waals surface area contributed by atoms with Crippen molar-refractivity contribution < 1.29 is 4.74 Å². The van der Waals surface area contributed by atoms with Crippen LogP contribution >= 0.6 is 39.0 Å². The van der Waals surface area contributed by atoms with E-state index in [0.717, 1.165) is 37.1 Å². The van der Waals surface area contributed by atoms with Crippen LogP contribution in [0.3, 0.4) is 0 Å². The van der Waals surface area contributed by atoms with Crippen LogP contribution in [0.4, 0.5) is 0 Å². The quantitative estimate of drug-likeness (QED) is 0.628. The molecule has 0 spiro atoms. The van der Waals surface area contributed by atoms with Gasteiger partial charge in [0.1, 0.15) is 4.34 Å². The summed E-state index contributed by atoms with van der Waals surface area (Å²) in [7, 11) is 0. The van der Waals surface area contributed by atoms with E-state index in [0.29, 0.717) is 5.41 Å². The van der Waals surface area contributed by atoms with Gasteiger partial charge in [0.2, 0.25) is 0 Å². The number of alkyl halides is 1. The fourth-order valence-corrected chi connectivity index (χ4v) is 4.57. The number of nitrogens with zero attached hydrogens (tertiary/aromatic N) is 1. The van der Waals surface area contributed by atoms with Crippen LogP contribution in [0.25, 0.3) is 0 Å². The van der Waals surface area contributed by atoms with Crippen LogP contribution < -0.4 is 0 Å². The van der Waals surface area contributed by atoms with Gasteiger partial charge in [0.25, 0.3) is 0 Å². The molecule has 5 heteroatoms. The van der Waals surface area contributed by atoms with Gasteiger partial charge in [0, 0.05) is 35.9 Å². The van der Waals surface area contributed by atoms with Gasteiger partial charge in [-0.1, -0.05) is 27.7 Å². The summed E-state index contributed by atoms with van der Waals surface area (Å²) in [6.07, 6.45) is 4.20. The summed E-state index contributed by atoms with van der Waals surface area (Å²) < 4.78 is 6.60. The molecule has 2 rings (SSSR count). The van der Waals surface area contributed by atoms with Gasteiger partial charge < -0.3 is 4.74 Å². The van der Waals surface area contributed by atoms with Gasteiger partial charge in [-0.25, -0.2) is 4.98 Å². The van der Waals surface area contributed by atoms with Crippen molar-refractivity contribution in [3.8, 4) is 0 Å². The van der Waals surface area contributed by atoms with Crippen LogP contribution in [0.1, 0.15) is 12.8 Å². The minimum atomic E-state index is 0.411. The average Bonchev–Trinajstić information content (AvgIpc) is 2.81. The smallest absolute Gasteiger partial charge is 0.149 e. The monoisotopic (exact) mass is 307 g/mol. The van der Waals surface area contributed by atoms with Gasteiger partial charge in [-0.05, 0) is 18.3 Å². The number of halogens is 1. The predicted molar refractivity (Wildman–Crippen MR) is 69.1 cm³/mol. The van der Waals surface area contributed by atoms with Crippen LogP contribution in [-0.2, 0) is 4.74 Å². The Morgan fingerprint density at radius 3 is 2.93 bits per heavy atom. The maximum absolute atomic E-state index is 5.42. The molecule has 0 amide bonds. The number of hydrogen-bond acceptors (Lipinski definition) is 4. The number of rotatable bonds is 4. The zero-order valence-corrected chi connectivity index (χ0v) is 11.7. The molecule has 1 aliphatic rings. The molecule has 0 atom stereocenters. The number of thiazole rings is 1. The molecular weight excluding hydrogens is 294 g/mol. The predicted octanol–water partition coefficient (Wildman–Crippen LogP) is 3.43. The molecule has 84 valence electrons. The maximum Gasteiger partial charge on any atom is 0.149 e. The summed E-state index contributed by atoms with van der Waals surface area (Å²) in [4.78, 5) is 4.30. The Balaban J connectivity index is 1.89. The largest absolute Gasteiger partial charge is 0.381 e. The van der Waals surface area contributed by atoms with Crippen LogP contribution in [0.2, 0.25) is 0 Å². The Morgan fingerprint density at radius 2 is 2.33 bits per heavy atom. The zero-order chi connectivity index (χ0) is 10.6. The lowest BCUT2D eigenvalue weighted by Gasteiger charge is -2.35. The summed E-state index contributed by atoms with van der Waals surface area (Å²) in [6.45, 7) is 1.81. The second-order valence-electron chi connectivity index (χ2n) is 3.83. The first-order valence-electron chi connectivity index (χ1n) is 5.01. The molecule has 0 unspecified atom stereocenters. The van der Waals surface area contributed by atoms with Crippen LogP contribution in [0, 0.1) is 5.41 Å². The van der Waals surface area contributed by atoms with Gasteiger partial charge >= 0.3 is 0 Å². The van der Waals surface area contributed by atoms with E-state index in [1.54, 1.807) is 11.3 Å². The lowest BCUT2D eigenvalue weighted by Crippen LogP contribution is -2.33. The van der Waals surface area contributed by atoms with Gasteiger partial charge in [-0.2, -0.15) is 0 Å². The number of ether oxygens (including phenoxy) is 1. The molecule has 1 aromatic rings. The summed E-state index contributed by atoms with van der Waals surface area (Å²) in [5, 5.41) is 3.11. The van der Waals surface area contributed by atoms with E-state index in [4.69, 9.17) is 4.74 Å². The maximum atomic E-state index is 5.42. The summed E-state index contributed by atoms with van der Waals surface area (Å²) >= 11 is 7.25. The second kappa shape index (κ2) is 5.66. The Labute approximate surface area is 107 Å². The average molecular weight is 308 g/mol. The molecule has 1 aliphatic heterocycles. The Hall–Kier alpha value is 0.420. The van der Waals surface area contributed by atoms with E-state index in [-0.39, 0.29) is 0 Å². The van der Waals surface area contributed by atoms with E-state index in [1.807, 2.05) is 23.3 Å². The van der Waals surface area contributed by atoms with Crippen LogP contribution in [-0.4, -0.2) is 29.3 Å². The van der Waals surface area contributed by atoms with Crippen molar-refractivity contribution in [2.45, 2.75) is 17.2 Å². The molecule has 1 saturated heterocycles. The third-order valence-corrected chi connectivity index (χ3v) is 6.25. The minimum absolute atomic E-state index is 0.411. The summed E-state index contributed by atoms with van der Waals surface area (Å²) in [5.74, 6) is 1.15. The Morgan fingerprint density at radius 1 is 1.53 bits per heavy atom. The molecule has 2 nitrogen and oxygen atoms in total. The highest BCUT2D eigenvalue weighted by Gasteiger charge is 2.31. The van der Waals surface area contributed by atoms with Crippen molar-refractivity contribution >= 4 is 39.0 Å². The zero-order valence-electron chi connectivity index (χ0n) is 8.45. The highest BCUT2D eigenvalue weighted by atomic mass is 79.9. The Bertz CT molecular complexity index is 286. The molecule has 1 aromatic heterocycles. The summed E-state index contributed by atoms with van der Waals surface area (Å²) in [5.41, 5.74) is 0.411. The molecule has 2 heterocycles. The summed E-state index contributed by atoms with van der Waals surface area (Å²) in [6, 6.07) is 0. The first-order valence-corrected chi connectivity index (χ1v) is 7.99. The minimum Gasteiger partial charge on any atom is -0.381 e. The lowest BCUT2D eigenvalue weighted by molar-refractivity contribution is 0.0374. The van der Waals surface area contributed by atoms with Crippen molar-refractivity contribution in [2.75, 3.05) is 24.3 Å². The van der Waals surface area contributed by atoms with Crippen molar-refractivity contribution in [1.29, 1.82) is 0 Å². The van der Waals surface area contributed by atoms with Crippen molar-refractivity contribution in [3.63, 3.8) is 0 Å². The molecule has 0 radical (unpaired) electrons. The van der Waals surface area contributed by atoms with Gasteiger partial charge in [0.05, 0.1) is 0 Å². The molecule has 0 aromatic carbocycles. The van der Waals surface area contributed by atoms with E-state index >= 15 is 0 Å². The molecular formula is C10H14BrNOS2. The first-order chi connectivity index (χ1) is 7.35. The molecule has 15 heavy (non-hydrogen) atoms. The molecule has 0 saturated carbocycles. The van der Waals surface area contributed by atoms with Crippen LogP contribution in [0.15, 0.2) is 15.9 Å². The van der Waals surface area contributed by atoms with E-state index < -0.39 is 0 Å². The van der Waals surface area contributed by atoms with Gasteiger partial charge in [-0.15, -0.1) is 11.3 Å². The molecule has 0 aliphatic carbocycles. The standard InChI is InChI=1S/C10H14BrNOS2/c11-7-10(1-4-13-5-2-10)8-15-9-12-3-6-14-9/h3,6H,1-2,4-5,7-8H2. The molecule has 0 N–H and O–H groups in total. The number of aromatic nitrogens is 1. The topological polar surface area (TPSA) is 22.1 Å². The first kappa shape index (κ1) is 11.9. The van der Waals surface area contributed by atoms with E-state index in [1.165, 1.54) is 4.34 Å². The fourth-order valence-electron chi connectivity index (χ4n) is 1.62. The third-order valence-electron chi connectivity index (χ3n) is 2.75. The second-order valence-corrected chi connectivity index (χ2v) is 6.51. The van der Waals surface area contributed by atoms with Crippen LogP contribution in [0.5, 0.6) is 0 Å². The normalized spacial score (nSPS) is 20.3. The third kappa shape index (κ3) is 3.19. The van der Waals surface area contributed by atoms with Crippen molar-refractivity contribution in [3.05, 3.63) is 11.6 Å². The van der Waals surface area contributed by atoms with Gasteiger partial charge in [0.15, 0.2) is 0 Å². The SMILES string of the molecule is BrCC1(CSc2nccs2)CCOCC1. The lowest BCUT2D eigenvalue weighted by atomic mass is 9.85. The molecule has 1 fully saturated rings. The van der Waals surface area contributed by atoms with E-state index in [2.05, 4.69) is 20.9 Å². The van der Waals surface area contributed by atoms with Crippen molar-refractivity contribution in [1.82, 2.24) is 4.98 Å². The fraction of sp³-hybridized carbons (Fsp3) is 0.700. The Kier molecular flexibility index (Phi) is 4.49. The number of thioether (sulfide) groups is 1. The van der Waals surface area contributed by atoms with E-state index in [9.17, 15) is 0 Å². The number of hydrogen-bond donors (Lipinski definition) is 0. The molecule has 0 bridgehead atoms. The van der Waals surface area contributed by atoms with Crippen molar-refractivity contribution in [2.24, 2.45) is 5.41 Å². The highest BCUT2D eigenvalue weighted by molar-refractivity contribution is 9.09. The van der Waals surface area contributed by atoms with Gasteiger partial charge in [-0.3, -0.25) is 0 Å². The highest BCUT2D eigenvalue weighted by Crippen LogP contribution is 2.38.